The zero-order chi connectivity index (χ0) is 13.8. The van der Waals surface area contributed by atoms with Crippen LogP contribution in [0.3, 0.4) is 0 Å². The minimum atomic E-state index is -0.734. The molecule has 6 heteroatoms. The molecule has 0 saturated carbocycles. The van der Waals surface area contributed by atoms with Crippen LogP contribution in [0.5, 0.6) is 5.75 Å². The van der Waals surface area contributed by atoms with E-state index in [2.05, 4.69) is 10.3 Å². The maximum Gasteiger partial charge on any atom is 0.258 e. The van der Waals surface area contributed by atoms with Gasteiger partial charge in [0.15, 0.2) is 0 Å². The van der Waals surface area contributed by atoms with Gasteiger partial charge in [0.2, 0.25) is 0 Å². The number of thiazole rings is 1. The topological polar surface area (TPSA) is 62.2 Å². The Morgan fingerprint density at radius 2 is 2.32 bits per heavy atom. The summed E-state index contributed by atoms with van der Waals surface area (Å²) in [6.45, 7) is 2.25. The first kappa shape index (κ1) is 13.5. The molecule has 0 spiro atoms. The van der Waals surface area contributed by atoms with Gasteiger partial charge in [0, 0.05) is 18.3 Å². The van der Waals surface area contributed by atoms with Gasteiger partial charge in [0.1, 0.15) is 17.1 Å². The SMILES string of the molecule is Cc1nc(CCNC(=O)c2c(O)cccc2F)cs1. The highest BCUT2D eigenvalue weighted by Crippen LogP contribution is 2.19. The van der Waals surface area contributed by atoms with Crippen molar-refractivity contribution in [3.05, 3.63) is 45.7 Å². The summed E-state index contributed by atoms with van der Waals surface area (Å²) in [5.41, 5.74) is 0.567. The first-order valence-electron chi connectivity index (χ1n) is 5.74. The second kappa shape index (κ2) is 5.79. The lowest BCUT2D eigenvalue weighted by atomic mass is 10.1. The maximum absolute atomic E-state index is 13.4. The van der Waals surface area contributed by atoms with Crippen LogP contribution in [0.15, 0.2) is 23.6 Å². The Balaban J connectivity index is 1.94. The van der Waals surface area contributed by atoms with Crippen LogP contribution < -0.4 is 5.32 Å². The Morgan fingerprint density at radius 1 is 1.53 bits per heavy atom. The van der Waals surface area contributed by atoms with E-state index in [1.54, 1.807) is 11.3 Å². The van der Waals surface area contributed by atoms with Gasteiger partial charge in [-0.1, -0.05) is 6.07 Å². The third-order valence-corrected chi connectivity index (χ3v) is 3.37. The number of rotatable bonds is 4. The predicted octanol–water partition coefficient (Wildman–Crippen LogP) is 2.27. The lowest BCUT2D eigenvalue weighted by Crippen LogP contribution is -2.26. The summed E-state index contributed by atoms with van der Waals surface area (Å²) in [6, 6.07) is 3.76. The largest absolute Gasteiger partial charge is 0.507 e. The molecule has 0 saturated heterocycles. The van der Waals surface area contributed by atoms with E-state index in [4.69, 9.17) is 0 Å². The number of phenolic OH excluding ortho intramolecular Hbond substituents is 1. The Hall–Kier alpha value is -1.95. The van der Waals surface area contributed by atoms with Gasteiger partial charge in [-0.05, 0) is 19.1 Å². The molecule has 19 heavy (non-hydrogen) atoms. The average molecular weight is 280 g/mol. The lowest BCUT2D eigenvalue weighted by molar-refractivity contribution is 0.0947. The number of aryl methyl sites for hydroxylation is 1. The third-order valence-electron chi connectivity index (χ3n) is 2.55. The molecular formula is C13H13FN2O2S. The Morgan fingerprint density at radius 3 is 2.95 bits per heavy atom. The van der Waals surface area contributed by atoms with Crippen molar-refractivity contribution in [2.24, 2.45) is 0 Å². The summed E-state index contributed by atoms with van der Waals surface area (Å²) in [5, 5.41) is 14.9. The van der Waals surface area contributed by atoms with Crippen molar-refractivity contribution in [3.63, 3.8) is 0 Å². The molecule has 0 aliphatic heterocycles. The molecule has 0 atom stereocenters. The Bertz CT molecular complexity index is 578. The number of carbonyl (C=O) groups excluding carboxylic acids is 1. The van der Waals surface area contributed by atoms with Crippen molar-refractivity contribution in [1.29, 1.82) is 0 Å². The highest BCUT2D eigenvalue weighted by Gasteiger charge is 2.15. The van der Waals surface area contributed by atoms with E-state index in [-0.39, 0.29) is 11.3 Å². The first-order chi connectivity index (χ1) is 9.08. The van der Waals surface area contributed by atoms with Gasteiger partial charge in [0.25, 0.3) is 5.91 Å². The number of hydrogen-bond acceptors (Lipinski definition) is 4. The minimum absolute atomic E-state index is 0.322. The fourth-order valence-corrected chi connectivity index (χ4v) is 2.30. The van der Waals surface area contributed by atoms with Crippen molar-refractivity contribution in [2.45, 2.75) is 13.3 Å². The molecular weight excluding hydrogens is 267 g/mol. The standard InChI is InChI=1S/C13H13FN2O2S/c1-8-16-9(7-19-8)5-6-15-13(18)12-10(14)3-2-4-11(12)17/h2-4,7,17H,5-6H2,1H3,(H,15,18). The molecule has 0 unspecified atom stereocenters. The van der Waals surface area contributed by atoms with E-state index in [0.717, 1.165) is 16.8 Å². The van der Waals surface area contributed by atoms with Gasteiger partial charge < -0.3 is 10.4 Å². The Labute approximate surface area is 113 Å². The van der Waals surface area contributed by atoms with Crippen molar-refractivity contribution in [1.82, 2.24) is 10.3 Å². The van der Waals surface area contributed by atoms with E-state index in [1.165, 1.54) is 12.1 Å². The number of hydrogen-bond donors (Lipinski definition) is 2. The first-order valence-corrected chi connectivity index (χ1v) is 6.62. The molecule has 4 nitrogen and oxygen atoms in total. The molecule has 100 valence electrons. The average Bonchev–Trinajstić information content (AvgIpc) is 2.75. The molecule has 0 fully saturated rings. The van der Waals surface area contributed by atoms with Crippen molar-refractivity contribution in [2.75, 3.05) is 6.54 Å². The second-order valence-electron chi connectivity index (χ2n) is 4.00. The highest BCUT2D eigenvalue weighted by atomic mass is 32.1. The molecule has 0 radical (unpaired) electrons. The number of nitrogens with zero attached hydrogens (tertiary/aromatic N) is 1. The molecule has 0 aliphatic carbocycles. The quantitative estimate of drug-likeness (QED) is 0.903. The van der Waals surface area contributed by atoms with Crippen LogP contribution in [-0.2, 0) is 6.42 Å². The Kier molecular flexibility index (Phi) is 4.11. The van der Waals surface area contributed by atoms with Crippen LogP contribution in [0.1, 0.15) is 21.1 Å². The summed E-state index contributed by atoms with van der Waals surface area (Å²) >= 11 is 1.54. The second-order valence-corrected chi connectivity index (χ2v) is 5.06. The van der Waals surface area contributed by atoms with Gasteiger partial charge in [0.05, 0.1) is 10.7 Å². The van der Waals surface area contributed by atoms with Crippen molar-refractivity contribution < 1.29 is 14.3 Å². The number of benzene rings is 1. The van der Waals surface area contributed by atoms with Crippen LogP contribution in [-0.4, -0.2) is 22.5 Å². The maximum atomic E-state index is 13.4. The van der Waals surface area contributed by atoms with E-state index in [1.807, 2.05) is 12.3 Å². The van der Waals surface area contributed by atoms with Gasteiger partial charge in [-0.25, -0.2) is 9.37 Å². The summed E-state index contributed by atoms with van der Waals surface area (Å²) in [4.78, 5) is 16.0. The molecule has 0 bridgehead atoms. The molecule has 0 aliphatic rings. The number of phenols is 1. The van der Waals surface area contributed by atoms with Crippen LogP contribution in [0, 0.1) is 12.7 Å². The van der Waals surface area contributed by atoms with E-state index in [0.29, 0.717) is 13.0 Å². The number of nitrogens with one attached hydrogen (secondary N) is 1. The van der Waals surface area contributed by atoms with Gasteiger partial charge in [-0.2, -0.15) is 0 Å². The molecule has 2 rings (SSSR count). The van der Waals surface area contributed by atoms with E-state index >= 15 is 0 Å². The minimum Gasteiger partial charge on any atom is -0.507 e. The number of halogens is 1. The smallest absolute Gasteiger partial charge is 0.258 e. The van der Waals surface area contributed by atoms with Crippen LogP contribution in [0.25, 0.3) is 0 Å². The number of aromatic nitrogens is 1. The van der Waals surface area contributed by atoms with Crippen LogP contribution in [0.2, 0.25) is 0 Å². The summed E-state index contributed by atoms with van der Waals surface area (Å²) < 4.78 is 13.4. The molecule has 1 aromatic heterocycles. The third kappa shape index (κ3) is 3.29. The lowest BCUT2D eigenvalue weighted by Gasteiger charge is -2.06. The number of amides is 1. The van der Waals surface area contributed by atoms with Gasteiger partial charge in [-0.15, -0.1) is 11.3 Å². The number of aromatic hydroxyl groups is 1. The summed E-state index contributed by atoms with van der Waals surface area (Å²) in [5.74, 6) is -1.72. The highest BCUT2D eigenvalue weighted by molar-refractivity contribution is 7.09. The van der Waals surface area contributed by atoms with Crippen LogP contribution in [0.4, 0.5) is 4.39 Å². The molecule has 2 N–H and O–H groups in total. The molecule has 2 aromatic rings. The van der Waals surface area contributed by atoms with E-state index in [9.17, 15) is 14.3 Å². The summed E-state index contributed by atoms with van der Waals surface area (Å²) in [7, 11) is 0. The zero-order valence-electron chi connectivity index (χ0n) is 10.3. The molecule has 1 amide bonds. The molecule has 1 heterocycles. The predicted molar refractivity (Wildman–Crippen MR) is 71.0 cm³/mol. The van der Waals surface area contributed by atoms with Crippen molar-refractivity contribution >= 4 is 17.2 Å². The summed E-state index contributed by atoms with van der Waals surface area (Å²) in [6.07, 6.45) is 0.575. The fourth-order valence-electron chi connectivity index (χ4n) is 1.65. The van der Waals surface area contributed by atoms with E-state index < -0.39 is 11.7 Å². The fraction of sp³-hybridized carbons (Fsp3) is 0.231. The van der Waals surface area contributed by atoms with Gasteiger partial charge in [-0.3, -0.25) is 4.79 Å². The van der Waals surface area contributed by atoms with Gasteiger partial charge >= 0.3 is 0 Å². The number of carbonyl (C=O) groups is 1. The normalized spacial score (nSPS) is 10.4. The monoisotopic (exact) mass is 280 g/mol. The molecule has 1 aromatic carbocycles. The van der Waals surface area contributed by atoms with Crippen LogP contribution >= 0.6 is 11.3 Å². The zero-order valence-corrected chi connectivity index (χ0v) is 11.1. The van der Waals surface area contributed by atoms with Crippen molar-refractivity contribution in [3.8, 4) is 5.75 Å².